The lowest BCUT2D eigenvalue weighted by molar-refractivity contribution is 0.582. The lowest BCUT2D eigenvalue weighted by atomic mass is 10.2. The minimum Gasteiger partial charge on any atom is -0.356 e. The molecule has 3 rings (SSSR count). The van der Waals surface area contributed by atoms with Crippen LogP contribution in [0.2, 0.25) is 0 Å². The maximum Gasteiger partial charge on any atom is 0.112 e. The van der Waals surface area contributed by atoms with Crippen LogP contribution in [0.1, 0.15) is 12.1 Å². The average Bonchev–Trinajstić information content (AvgIpc) is 2.77. The molecule has 2 aliphatic heterocycles. The van der Waals surface area contributed by atoms with Crippen LogP contribution in [0.5, 0.6) is 0 Å². The number of piperazine rings is 1. The van der Waals surface area contributed by atoms with E-state index < -0.39 is 0 Å². The summed E-state index contributed by atoms with van der Waals surface area (Å²) in [4.78, 5) is 2.51. The van der Waals surface area contributed by atoms with Gasteiger partial charge < -0.3 is 10.2 Å². The summed E-state index contributed by atoms with van der Waals surface area (Å²) in [5, 5.41) is 4.86. The van der Waals surface area contributed by atoms with E-state index in [-0.39, 0.29) is 0 Å². The van der Waals surface area contributed by atoms with Crippen LogP contribution < -0.4 is 10.2 Å². The maximum absolute atomic E-state index is 4.32. The summed E-state index contributed by atoms with van der Waals surface area (Å²) >= 11 is 1.63. The summed E-state index contributed by atoms with van der Waals surface area (Å²) in [7, 11) is 0. The van der Waals surface area contributed by atoms with Crippen molar-refractivity contribution in [3.63, 3.8) is 0 Å². The lowest BCUT2D eigenvalue weighted by Gasteiger charge is -2.27. The molecular weight excluding hydrogens is 182 g/mol. The molecule has 2 atom stereocenters. The molecule has 70 valence electrons. The normalized spacial score (nSPS) is 31.6. The zero-order chi connectivity index (χ0) is 8.84. The van der Waals surface area contributed by atoms with Crippen molar-refractivity contribution in [1.82, 2.24) is 9.69 Å². The van der Waals surface area contributed by atoms with Crippen LogP contribution in [0, 0.1) is 6.92 Å². The fourth-order valence-corrected chi connectivity index (χ4v) is 3.16. The highest BCUT2D eigenvalue weighted by Crippen LogP contribution is 2.32. The predicted molar refractivity (Wildman–Crippen MR) is 54.4 cm³/mol. The highest BCUT2D eigenvalue weighted by atomic mass is 32.1. The molecule has 0 spiro atoms. The maximum atomic E-state index is 4.32. The van der Waals surface area contributed by atoms with Gasteiger partial charge in [-0.15, -0.1) is 0 Å². The summed E-state index contributed by atoms with van der Waals surface area (Å²) < 4.78 is 4.32. The molecule has 0 aliphatic carbocycles. The van der Waals surface area contributed by atoms with Crippen LogP contribution in [0.4, 0.5) is 5.00 Å². The molecule has 3 heterocycles. The molecule has 13 heavy (non-hydrogen) atoms. The molecule has 0 saturated carbocycles. The number of anilines is 1. The number of aromatic nitrogens is 1. The third kappa shape index (κ3) is 1.16. The summed E-state index contributed by atoms with van der Waals surface area (Å²) in [6.45, 7) is 4.39. The smallest absolute Gasteiger partial charge is 0.112 e. The van der Waals surface area contributed by atoms with Gasteiger partial charge in [-0.05, 0) is 30.9 Å². The number of rotatable bonds is 1. The number of hydrogen-bond donors (Lipinski definition) is 1. The van der Waals surface area contributed by atoms with Crippen LogP contribution >= 0.6 is 11.5 Å². The SMILES string of the molecule is Cc1cc(N2C[C@@H]3C[C@H]2CN3)sn1. The second-order valence-corrected chi connectivity index (χ2v) is 4.74. The Labute approximate surface area is 81.9 Å². The molecule has 2 aliphatic rings. The highest BCUT2D eigenvalue weighted by molar-refractivity contribution is 7.10. The van der Waals surface area contributed by atoms with Crippen molar-refractivity contribution in [2.24, 2.45) is 0 Å². The summed E-state index contributed by atoms with van der Waals surface area (Å²) in [6, 6.07) is 3.66. The molecule has 2 bridgehead atoms. The fraction of sp³-hybridized carbons (Fsp3) is 0.667. The Kier molecular flexibility index (Phi) is 1.60. The Morgan fingerprint density at radius 1 is 1.69 bits per heavy atom. The number of nitrogens with zero attached hydrogens (tertiary/aromatic N) is 2. The second kappa shape index (κ2) is 2.69. The summed E-state index contributed by atoms with van der Waals surface area (Å²) in [5.41, 5.74) is 1.15. The van der Waals surface area contributed by atoms with Gasteiger partial charge in [0.15, 0.2) is 0 Å². The van der Waals surface area contributed by atoms with E-state index in [1.54, 1.807) is 11.5 Å². The van der Waals surface area contributed by atoms with Gasteiger partial charge in [0, 0.05) is 25.2 Å². The number of hydrogen-bond acceptors (Lipinski definition) is 4. The van der Waals surface area contributed by atoms with Crippen molar-refractivity contribution in [2.75, 3.05) is 18.0 Å². The van der Waals surface area contributed by atoms with Crippen LogP contribution in [0.15, 0.2) is 6.07 Å². The van der Waals surface area contributed by atoms with Gasteiger partial charge in [-0.3, -0.25) is 0 Å². The quantitative estimate of drug-likeness (QED) is 0.724. The van der Waals surface area contributed by atoms with Crippen molar-refractivity contribution in [2.45, 2.75) is 25.4 Å². The first kappa shape index (κ1) is 7.76. The largest absolute Gasteiger partial charge is 0.356 e. The molecule has 0 amide bonds. The first-order valence-electron chi connectivity index (χ1n) is 4.76. The van der Waals surface area contributed by atoms with Gasteiger partial charge in [-0.25, -0.2) is 0 Å². The van der Waals surface area contributed by atoms with Crippen LogP contribution in [-0.2, 0) is 0 Å². The zero-order valence-electron chi connectivity index (χ0n) is 7.66. The molecule has 4 heteroatoms. The van der Waals surface area contributed by atoms with Gasteiger partial charge >= 0.3 is 0 Å². The van der Waals surface area contributed by atoms with E-state index in [2.05, 4.69) is 27.6 Å². The molecule has 2 saturated heterocycles. The van der Waals surface area contributed by atoms with E-state index in [0.29, 0.717) is 0 Å². The molecule has 0 radical (unpaired) electrons. The van der Waals surface area contributed by atoms with E-state index >= 15 is 0 Å². The lowest BCUT2D eigenvalue weighted by Crippen LogP contribution is -2.43. The Bertz CT molecular complexity index is 322. The molecule has 2 fully saturated rings. The van der Waals surface area contributed by atoms with Crippen LogP contribution in [0.3, 0.4) is 0 Å². The summed E-state index contributed by atoms with van der Waals surface area (Å²) in [6.07, 6.45) is 1.32. The zero-order valence-corrected chi connectivity index (χ0v) is 8.47. The van der Waals surface area contributed by atoms with E-state index in [0.717, 1.165) is 24.3 Å². The third-order valence-corrected chi connectivity index (χ3v) is 3.87. The van der Waals surface area contributed by atoms with Gasteiger partial charge in [0.2, 0.25) is 0 Å². The molecule has 1 aromatic heterocycles. The van der Waals surface area contributed by atoms with Crippen molar-refractivity contribution in [3.05, 3.63) is 11.8 Å². The minimum atomic E-state index is 0.727. The van der Waals surface area contributed by atoms with E-state index in [9.17, 15) is 0 Å². The molecular formula is C9H13N3S. The third-order valence-electron chi connectivity index (χ3n) is 2.96. The van der Waals surface area contributed by atoms with Gasteiger partial charge in [-0.1, -0.05) is 0 Å². The van der Waals surface area contributed by atoms with Crippen molar-refractivity contribution in [3.8, 4) is 0 Å². The predicted octanol–water partition coefficient (Wildman–Crippen LogP) is 1.00. The van der Waals surface area contributed by atoms with Gasteiger partial charge in [0.05, 0.1) is 5.69 Å². The highest BCUT2D eigenvalue weighted by Gasteiger charge is 2.38. The van der Waals surface area contributed by atoms with E-state index in [1.807, 2.05) is 0 Å². The van der Waals surface area contributed by atoms with Crippen LogP contribution in [0.25, 0.3) is 0 Å². The minimum absolute atomic E-state index is 0.727. The van der Waals surface area contributed by atoms with Gasteiger partial charge in [0.1, 0.15) is 5.00 Å². The topological polar surface area (TPSA) is 28.2 Å². The standard InChI is InChI=1S/C9H13N3S/c1-6-2-9(13-11-6)12-5-7-3-8(12)4-10-7/h2,7-8,10H,3-5H2,1H3/t7-,8-/m0/s1. The first-order chi connectivity index (χ1) is 6.33. The number of fused-ring (bicyclic) bond motifs is 2. The summed E-state index contributed by atoms with van der Waals surface area (Å²) in [5.74, 6) is 0. The van der Waals surface area contributed by atoms with Crippen molar-refractivity contribution >= 4 is 16.5 Å². The average molecular weight is 195 g/mol. The Morgan fingerprint density at radius 3 is 3.15 bits per heavy atom. The van der Waals surface area contributed by atoms with Gasteiger partial charge in [0.25, 0.3) is 0 Å². The van der Waals surface area contributed by atoms with Crippen molar-refractivity contribution in [1.29, 1.82) is 0 Å². The molecule has 0 aromatic carbocycles. The fourth-order valence-electron chi connectivity index (χ4n) is 2.32. The Morgan fingerprint density at radius 2 is 2.62 bits per heavy atom. The Hall–Kier alpha value is -0.610. The molecule has 3 nitrogen and oxygen atoms in total. The molecule has 1 N–H and O–H groups in total. The van der Waals surface area contributed by atoms with E-state index in [1.165, 1.54) is 18.0 Å². The monoisotopic (exact) mass is 195 g/mol. The molecule has 1 aromatic rings. The number of nitrogens with one attached hydrogen (secondary N) is 1. The number of aryl methyl sites for hydroxylation is 1. The van der Waals surface area contributed by atoms with Gasteiger partial charge in [-0.2, -0.15) is 4.37 Å². The van der Waals surface area contributed by atoms with E-state index in [4.69, 9.17) is 0 Å². The Balaban J connectivity index is 1.87. The van der Waals surface area contributed by atoms with Crippen LogP contribution in [-0.4, -0.2) is 29.5 Å². The second-order valence-electron chi connectivity index (χ2n) is 3.95. The van der Waals surface area contributed by atoms with Crippen molar-refractivity contribution < 1.29 is 0 Å². The first-order valence-corrected chi connectivity index (χ1v) is 5.53. The molecule has 0 unspecified atom stereocenters.